The lowest BCUT2D eigenvalue weighted by atomic mass is 9.93. The average molecular weight is 473 g/mol. The first-order valence-corrected chi connectivity index (χ1v) is 12.8. The summed E-state index contributed by atoms with van der Waals surface area (Å²) in [4.78, 5) is 22.4. The molecule has 6 heterocycles. The topological polar surface area (TPSA) is 96.4 Å². The van der Waals surface area contributed by atoms with Gasteiger partial charge in [0.2, 0.25) is 0 Å². The highest BCUT2D eigenvalue weighted by Gasteiger charge is 2.26. The van der Waals surface area contributed by atoms with E-state index in [0.717, 1.165) is 60.8 Å². The first-order chi connectivity index (χ1) is 17.2. The Morgan fingerprint density at radius 1 is 0.971 bits per heavy atom. The van der Waals surface area contributed by atoms with Crippen molar-refractivity contribution in [2.75, 3.05) is 6.61 Å². The Labute approximate surface area is 205 Å². The molecule has 0 N–H and O–H groups in total. The molecule has 0 aromatic carbocycles. The number of hydrogen-bond donors (Lipinski definition) is 0. The minimum absolute atomic E-state index is 0.316. The summed E-state index contributed by atoms with van der Waals surface area (Å²) in [5.74, 6) is 1.46. The van der Waals surface area contributed by atoms with E-state index in [4.69, 9.17) is 4.74 Å². The molecule has 1 saturated carbocycles. The molecule has 0 radical (unpaired) electrons. The fourth-order valence-corrected chi connectivity index (χ4v) is 5.00. The standard InChI is InChI=1S/C15H16N6.C11H16N2O/c1-9-10(2)20-15-14(19-9)13(17-8-18-15)11-3-5-21-6-4-16-12(21)7-11;1-2-6-14-11(3-1)9-7-12-13(8-9)10-4-5-10/h4,6,8,11H,3,5,7H2,1-2H3;7-8,10-11H,1-6H2/t;11-/m.1/s1. The summed E-state index contributed by atoms with van der Waals surface area (Å²) in [6.45, 7) is 5.83. The van der Waals surface area contributed by atoms with Crippen molar-refractivity contribution in [2.24, 2.45) is 0 Å². The van der Waals surface area contributed by atoms with Crippen LogP contribution in [0, 0.1) is 13.8 Å². The van der Waals surface area contributed by atoms with Gasteiger partial charge in [-0.3, -0.25) is 4.68 Å². The molecule has 0 amide bonds. The summed E-state index contributed by atoms with van der Waals surface area (Å²) >= 11 is 0. The Kier molecular flexibility index (Phi) is 6.01. The predicted molar refractivity (Wildman–Crippen MR) is 131 cm³/mol. The zero-order chi connectivity index (χ0) is 23.8. The van der Waals surface area contributed by atoms with Crippen molar-refractivity contribution < 1.29 is 4.74 Å². The Bertz CT molecular complexity index is 1320. The van der Waals surface area contributed by atoms with Gasteiger partial charge in [0.25, 0.3) is 0 Å². The third kappa shape index (κ3) is 4.69. The SMILES string of the molecule is Cc1nc2ncnc(C3CCn4ccnc4C3)c2nc1C.c1nn(C2CC2)cc1[C@H]1CCCCO1. The number of ether oxygens (including phenoxy) is 1. The van der Waals surface area contributed by atoms with Crippen LogP contribution in [0.25, 0.3) is 11.2 Å². The van der Waals surface area contributed by atoms with Crippen LogP contribution < -0.4 is 0 Å². The van der Waals surface area contributed by atoms with Crippen molar-refractivity contribution in [3.05, 3.63) is 59.6 Å². The van der Waals surface area contributed by atoms with Crippen molar-refractivity contribution in [1.29, 1.82) is 0 Å². The zero-order valence-corrected chi connectivity index (χ0v) is 20.5. The maximum Gasteiger partial charge on any atom is 0.181 e. The summed E-state index contributed by atoms with van der Waals surface area (Å²) < 4.78 is 10.0. The van der Waals surface area contributed by atoms with E-state index >= 15 is 0 Å². The molecule has 9 heteroatoms. The van der Waals surface area contributed by atoms with Gasteiger partial charge in [0.15, 0.2) is 5.65 Å². The Hall–Kier alpha value is -3.20. The highest BCUT2D eigenvalue weighted by Crippen LogP contribution is 2.36. The quantitative estimate of drug-likeness (QED) is 0.435. The van der Waals surface area contributed by atoms with Gasteiger partial charge in [0.1, 0.15) is 17.7 Å². The highest BCUT2D eigenvalue weighted by molar-refractivity contribution is 5.73. The summed E-state index contributed by atoms with van der Waals surface area (Å²) in [6.07, 6.45) is 18.2. The van der Waals surface area contributed by atoms with Gasteiger partial charge in [-0.2, -0.15) is 5.10 Å². The van der Waals surface area contributed by atoms with Crippen molar-refractivity contribution >= 4 is 11.2 Å². The van der Waals surface area contributed by atoms with Crippen molar-refractivity contribution in [2.45, 2.75) is 83.4 Å². The van der Waals surface area contributed by atoms with E-state index in [-0.39, 0.29) is 0 Å². The molecule has 2 fully saturated rings. The summed E-state index contributed by atoms with van der Waals surface area (Å²) in [5, 5.41) is 4.39. The number of nitrogens with zero attached hydrogens (tertiary/aromatic N) is 8. The Morgan fingerprint density at radius 2 is 1.86 bits per heavy atom. The second-order valence-corrected chi connectivity index (χ2v) is 9.89. The van der Waals surface area contributed by atoms with E-state index in [1.165, 1.54) is 31.2 Å². The molecule has 1 unspecified atom stereocenters. The molecule has 1 aliphatic carbocycles. The number of imidazole rings is 1. The van der Waals surface area contributed by atoms with E-state index in [9.17, 15) is 0 Å². The molecule has 2 aliphatic heterocycles. The number of fused-ring (bicyclic) bond motifs is 2. The first-order valence-electron chi connectivity index (χ1n) is 12.8. The molecule has 2 atom stereocenters. The average Bonchev–Trinajstić information content (AvgIpc) is 3.42. The fourth-order valence-electron chi connectivity index (χ4n) is 5.00. The summed E-state index contributed by atoms with van der Waals surface area (Å²) in [5.41, 5.74) is 5.67. The van der Waals surface area contributed by atoms with Crippen LogP contribution in [0.4, 0.5) is 0 Å². The summed E-state index contributed by atoms with van der Waals surface area (Å²) in [6, 6.07) is 0.687. The monoisotopic (exact) mass is 472 g/mol. The second kappa shape index (κ2) is 9.45. The summed E-state index contributed by atoms with van der Waals surface area (Å²) in [7, 11) is 0. The van der Waals surface area contributed by atoms with Gasteiger partial charge in [-0.1, -0.05) is 0 Å². The maximum absolute atomic E-state index is 5.72. The van der Waals surface area contributed by atoms with E-state index in [2.05, 4.69) is 45.5 Å². The minimum Gasteiger partial charge on any atom is -0.373 e. The normalized spacial score (nSPS) is 21.9. The van der Waals surface area contributed by atoms with Crippen LogP contribution in [0.2, 0.25) is 0 Å². The van der Waals surface area contributed by atoms with Crippen LogP contribution in [0.15, 0.2) is 31.1 Å². The molecule has 0 spiro atoms. The maximum atomic E-state index is 5.72. The molecule has 3 aliphatic rings. The van der Waals surface area contributed by atoms with Gasteiger partial charge in [-0.15, -0.1) is 0 Å². The molecule has 9 nitrogen and oxygen atoms in total. The molecular weight excluding hydrogens is 440 g/mol. The van der Waals surface area contributed by atoms with Crippen molar-refractivity contribution in [3.8, 4) is 0 Å². The van der Waals surface area contributed by atoms with Crippen LogP contribution >= 0.6 is 0 Å². The smallest absolute Gasteiger partial charge is 0.181 e. The molecule has 182 valence electrons. The highest BCUT2D eigenvalue weighted by atomic mass is 16.5. The van der Waals surface area contributed by atoms with Gasteiger partial charge in [0, 0.05) is 49.6 Å². The van der Waals surface area contributed by atoms with E-state index in [1.807, 2.05) is 32.4 Å². The predicted octanol–water partition coefficient (Wildman–Crippen LogP) is 4.42. The van der Waals surface area contributed by atoms with Gasteiger partial charge in [-0.25, -0.2) is 24.9 Å². The van der Waals surface area contributed by atoms with E-state index in [1.54, 1.807) is 6.33 Å². The minimum atomic E-state index is 0.316. The van der Waals surface area contributed by atoms with Gasteiger partial charge < -0.3 is 9.30 Å². The van der Waals surface area contributed by atoms with Crippen molar-refractivity contribution in [1.82, 2.24) is 39.3 Å². The Morgan fingerprint density at radius 3 is 2.69 bits per heavy atom. The molecular formula is C26H32N8O. The lowest BCUT2D eigenvalue weighted by molar-refractivity contribution is 0.0149. The van der Waals surface area contributed by atoms with Crippen LogP contribution in [0.5, 0.6) is 0 Å². The molecule has 7 rings (SSSR count). The van der Waals surface area contributed by atoms with Crippen LogP contribution in [-0.2, 0) is 17.7 Å². The lowest BCUT2D eigenvalue weighted by Crippen LogP contribution is -2.19. The van der Waals surface area contributed by atoms with Crippen LogP contribution in [-0.4, -0.2) is 45.9 Å². The van der Waals surface area contributed by atoms with Crippen LogP contribution in [0.1, 0.15) is 85.1 Å². The number of aryl methyl sites for hydroxylation is 3. The van der Waals surface area contributed by atoms with Gasteiger partial charge in [0.05, 0.1) is 35.4 Å². The van der Waals surface area contributed by atoms with Gasteiger partial charge >= 0.3 is 0 Å². The Balaban J connectivity index is 0.000000141. The zero-order valence-electron chi connectivity index (χ0n) is 20.5. The third-order valence-corrected chi connectivity index (χ3v) is 7.34. The van der Waals surface area contributed by atoms with Crippen molar-refractivity contribution in [3.63, 3.8) is 0 Å². The number of aromatic nitrogens is 8. The first kappa shape index (κ1) is 22.3. The largest absolute Gasteiger partial charge is 0.373 e. The van der Waals surface area contributed by atoms with Gasteiger partial charge in [-0.05, 0) is 52.4 Å². The molecule has 0 bridgehead atoms. The second-order valence-electron chi connectivity index (χ2n) is 9.89. The van der Waals surface area contributed by atoms with Crippen LogP contribution in [0.3, 0.4) is 0 Å². The molecule has 35 heavy (non-hydrogen) atoms. The van der Waals surface area contributed by atoms with E-state index in [0.29, 0.717) is 23.7 Å². The molecule has 4 aromatic rings. The van der Waals surface area contributed by atoms with E-state index < -0.39 is 0 Å². The lowest BCUT2D eigenvalue weighted by Gasteiger charge is -2.23. The molecule has 4 aromatic heterocycles. The number of hydrogen-bond acceptors (Lipinski definition) is 7. The third-order valence-electron chi connectivity index (χ3n) is 7.34. The molecule has 1 saturated heterocycles. The number of rotatable bonds is 3. The fraction of sp³-hybridized carbons (Fsp3) is 0.538.